The predicted octanol–water partition coefficient (Wildman–Crippen LogP) is 3.18. The molecule has 0 radical (unpaired) electrons. The summed E-state index contributed by atoms with van der Waals surface area (Å²) in [7, 11) is 0. The lowest BCUT2D eigenvalue weighted by Crippen LogP contribution is -2.28. The number of carbonyl (C=O) groups is 1. The summed E-state index contributed by atoms with van der Waals surface area (Å²) >= 11 is 5.25. The van der Waals surface area contributed by atoms with E-state index in [2.05, 4.69) is 10.6 Å². The van der Waals surface area contributed by atoms with E-state index in [-0.39, 0.29) is 5.56 Å². The first kappa shape index (κ1) is 15.0. The zero-order chi connectivity index (χ0) is 15.2. The summed E-state index contributed by atoms with van der Waals surface area (Å²) in [5, 5.41) is 15.6. The molecule has 108 valence electrons. The van der Waals surface area contributed by atoms with E-state index in [9.17, 15) is 4.79 Å². The Hall–Kier alpha value is -2.40. The Balaban J connectivity index is 1.89. The molecule has 5 heteroatoms. The number of carboxylic acid groups (broad SMARTS) is 1. The Morgan fingerprint density at radius 2 is 1.81 bits per heavy atom. The van der Waals surface area contributed by atoms with E-state index in [4.69, 9.17) is 17.3 Å². The highest BCUT2D eigenvalue weighted by Gasteiger charge is 2.03. The van der Waals surface area contributed by atoms with Gasteiger partial charge in [-0.15, -0.1) is 0 Å². The first-order valence-electron chi connectivity index (χ1n) is 6.49. The second kappa shape index (κ2) is 6.85. The van der Waals surface area contributed by atoms with E-state index < -0.39 is 5.97 Å². The van der Waals surface area contributed by atoms with Gasteiger partial charge in [0.25, 0.3) is 0 Å². The third-order valence-electron chi connectivity index (χ3n) is 3.05. The van der Waals surface area contributed by atoms with E-state index in [1.54, 1.807) is 24.3 Å². The summed E-state index contributed by atoms with van der Waals surface area (Å²) in [5.41, 5.74) is 3.33. The lowest BCUT2D eigenvalue weighted by molar-refractivity contribution is 0.0697. The van der Waals surface area contributed by atoms with Crippen molar-refractivity contribution in [2.45, 2.75) is 13.5 Å². The number of para-hydroxylation sites is 1. The van der Waals surface area contributed by atoms with Crippen molar-refractivity contribution < 1.29 is 9.90 Å². The maximum Gasteiger partial charge on any atom is 0.335 e. The Labute approximate surface area is 128 Å². The first-order valence-corrected chi connectivity index (χ1v) is 6.90. The SMILES string of the molecule is Cc1ccccc1NC(=S)NCc1ccc(C(=O)O)cc1. The molecule has 0 heterocycles. The molecule has 0 saturated carbocycles. The second-order valence-corrected chi connectivity index (χ2v) is 5.03. The van der Waals surface area contributed by atoms with Gasteiger partial charge in [-0.05, 0) is 48.5 Å². The monoisotopic (exact) mass is 300 g/mol. The zero-order valence-electron chi connectivity index (χ0n) is 11.6. The van der Waals surface area contributed by atoms with E-state index >= 15 is 0 Å². The molecule has 3 N–H and O–H groups in total. The molecule has 0 fully saturated rings. The Kier molecular flexibility index (Phi) is 4.90. The van der Waals surface area contributed by atoms with Gasteiger partial charge in [-0.2, -0.15) is 0 Å². The van der Waals surface area contributed by atoms with Gasteiger partial charge in [0.05, 0.1) is 5.56 Å². The van der Waals surface area contributed by atoms with Crippen molar-refractivity contribution in [1.82, 2.24) is 5.32 Å². The summed E-state index contributed by atoms with van der Waals surface area (Å²) in [4.78, 5) is 10.8. The number of thiocarbonyl (C=S) groups is 1. The van der Waals surface area contributed by atoms with Crippen LogP contribution in [0.3, 0.4) is 0 Å². The van der Waals surface area contributed by atoms with Crippen LogP contribution in [0.25, 0.3) is 0 Å². The molecular formula is C16H16N2O2S. The van der Waals surface area contributed by atoms with Crippen LogP contribution in [0, 0.1) is 6.92 Å². The topological polar surface area (TPSA) is 61.4 Å². The second-order valence-electron chi connectivity index (χ2n) is 4.62. The van der Waals surface area contributed by atoms with Crippen LogP contribution in [-0.2, 0) is 6.54 Å². The normalized spacial score (nSPS) is 9.95. The third kappa shape index (κ3) is 4.29. The molecule has 2 aromatic carbocycles. The van der Waals surface area contributed by atoms with Crippen molar-refractivity contribution in [3.63, 3.8) is 0 Å². The molecule has 2 aromatic rings. The van der Waals surface area contributed by atoms with Crippen LogP contribution in [0.1, 0.15) is 21.5 Å². The van der Waals surface area contributed by atoms with E-state index in [1.807, 2.05) is 31.2 Å². The van der Waals surface area contributed by atoms with Gasteiger partial charge in [0, 0.05) is 12.2 Å². The van der Waals surface area contributed by atoms with Crippen LogP contribution >= 0.6 is 12.2 Å². The number of rotatable bonds is 4. The quantitative estimate of drug-likeness (QED) is 0.757. The van der Waals surface area contributed by atoms with Crippen LogP contribution in [-0.4, -0.2) is 16.2 Å². The van der Waals surface area contributed by atoms with Crippen LogP contribution in [0.2, 0.25) is 0 Å². The fourth-order valence-corrected chi connectivity index (χ4v) is 2.01. The molecule has 0 spiro atoms. The zero-order valence-corrected chi connectivity index (χ0v) is 12.4. The van der Waals surface area contributed by atoms with Gasteiger partial charge in [0.2, 0.25) is 0 Å². The number of benzene rings is 2. The number of hydrogen-bond donors (Lipinski definition) is 3. The smallest absolute Gasteiger partial charge is 0.335 e. The van der Waals surface area contributed by atoms with E-state index in [0.717, 1.165) is 16.8 Å². The summed E-state index contributed by atoms with van der Waals surface area (Å²) in [6.07, 6.45) is 0. The summed E-state index contributed by atoms with van der Waals surface area (Å²) < 4.78 is 0. The average Bonchev–Trinajstić information content (AvgIpc) is 2.48. The van der Waals surface area contributed by atoms with Gasteiger partial charge in [-0.1, -0.05) is 30.3 Å². The van der Waals surface area contributed by atoms with Crippen LogP contribution in [0.4, 0.5) is 5.69 Å². The minimum absolute atomic E-state index is 0.277. The van der Waals surface area contributed by atoms with Crippen LogP contribution in [0.15, 0.2) is 48.5 Å². The van der Waals surface area contributed by atoms with Gasteiger partial charge >= 0.3 is 5.97 Å². The minimum atomic E-state index is -0.925. The van der Waals surface area contributed by atoms with E-state index in [1.165, 1.54) is 0 Å². The van der Waals surface area contributed by atoms with E-state index in [0.29, 0.717) is 11.7 Å². The standard InChI is InChI=1S/C16H16N2O2S/c1-11-4-2-3-5-14(11)18-16(21)17-10-12-6-8-13(9-7-12)15(19)20/h2-9H,10H2,1H3,(H,19,20)(H2,17,18,21). The Bertz CT molecular complexity index is 654. The number of hydrogen-bond acceptors (Lipinski definition) is 2. The summed E-state index contributed by atoms with van der Waals surface area (Å²) in [5.74, 6) is -0.925. The molecule has 4 nitrogen and oxygen atoms in total. The fraction of sp³-hybridized carbons (Fsp3) is 0.125. The van der Waals surface area contributed by atoms with Gasteiger partial charge in [-0.3, -0.25) is 0 Å². The highest BCUT2D eigenvalue weighted by Crippen LogP contribution is 2.12. The molecule has 0 bridgehead atoms. The number of anilines is 1. The third-order valence-corrected chi connectivity index (χ3v) is 3.29. The van der Waals surface area contributed by atoms with Crippen molar-refractivity contribution in [3.8, 4) is 0 Å². The van der Waals surface area contributed by atoms with Crippen molar-refractivity contribution >= 4 is 29.0 Å². The van der Waals surface area contributed by atoms with Gasteiger partial charge < -0.3 is 15.7 Å². The summed E-state index contributed by atoms with van der Waals surface area (Å²) in [6, 6.07) is 14.6. The molecule has 0 aliphatic heterocycles. The van der Waals surface area contributed by atoms with Gasteiger partial charge in [-0.25, -0.2) is 4.79 Å². The highest BCUT2D eigenvalue weighted by atomic mass is 32.1. The fourth-order valence-electron chi connectivity index (χ4n) is 1.83. The lowest BCUT2D eigenvalue weighted by atomic mass is 10.1. The maximum atomic E-state index is 10.8. The number of aromatic carboxylic acids is 1. The van der Waals surface area contributed by atoms with Crippen LogP contribution in [0.5, 0.6) is 0 Å². The summed E-state index contributed by atoms with van der Waals surface area (Å²) in [6.45, 7) is 2.55. The molecule has 2 rings (SSSR count). The molecule has 0 aliphatic carbocycles. The average molecular weight is 300 g/mol. The molecule has 21 heavy (non-hydrogen) atoms. The maximum absolute atomic E-state index is 10.8. The number of aryl methyl sites for hydroxylation is 1. The lowest BCUT2D eigenvalue weighted by Gasteiger charge is -2.12. The highest BCUT2D eigenvalue weighted by molar-refractivity contribution is 7.80. The number of carboxylic acids is 1. The number of nitrogens with one attached hydrogen (secondary N) is 2. The van der Waals surface area contributed by atoms with Crippen molar-refractivity contribution in [3.05, 3.63) is 65.2 Å². The minimum Gasteiger partial charge on any atom is -0.478 e. The molecule has 0 amide bonds. The predicted molar refractivity (Wildman–Crippen MR) is 87.6 cm³/mol. The molecule has 0 atom stereocenters. The molecule has 0 aromatic heterocycles. The van der Waals surface area contributed by atoms with Crippen molar-refractivity contribution in [1.29, 1.82) is 0 Å². The van der Waals surface area contributed by atoms with Gasteiger partial charge in [0.1, 0.15) is 0 Å². The largest absolute Gasteiger partial charge is 0.478 e. The first-order chi connectivity index (χ1) is 10.1. The molecule has 0 unspecified atom stereocenters. The van der Waals surface area contributed by atoms with Crippen LogP contribution < -0.4 is 10.6 Å². The molecule has 0 aliphatic rings. The molecule has 0 saturated heterocycles. The van der Waals surface area contributed by atoms with Crippen molar-refractivity contribution in [2.75, 3.05) is 5.32 Å². The Morgan fingerprint density at radius 1 is 1.14 bits per heavy atom. The van der Waals surface area contributed by atoms with Crippen molar-refractivity contribution in [2.24, 2.45) is 0 Å². The van der Waals surface area contributed by atoms with Gasteiger partial charge in [0.15, 0.2) is 5.11 Å². The molecular weight excluding hydrogens is 284 g/mol. The Morgan fingerprint density at radius 3 is 2.43 bits per heavy atom.